The second-order valence-electron chi connectivity index (χ2n) is 15.2. The first-order valence-electron chi connectivity index (χ1n) is 14.3. The summed E-state index contributed by atoms with van der Waals surface area (Å²) in [6, 6.07) is 3.77. The molecule has 5 rings (SSSR count). The molecule has 0 radical (unpaired) electrons. The molecule has 4 N–H and O–H groups in total. The van der Waals surface area contributed by atoms with Crippen molar-refractivity contribution >= 4 is 17.3 Å². The molecule has 0 spiro atoms. The maximum Gasteiger partial charge on any atom is 0.209 e. The van der Waals surface area contributed by atoms with Crippen LogP contribution in [-0.4, -0.2) is 43.4 Å². The van der Waals surface area contributed by atoms with Gasteiger partial charge in [0.2, 0.25) is 5.78 Å². The summed E-state index contributed by atoms with van der Waals surface area (Å²) >= 11 is 0. The van der Waals surface area contributed by atoms with Crippen LogP contribution in [-0.2, 0) is 22.4 Å². The summed E-state index contributed by atoms with van der Waals surface area (Å²) in [6.45, 7) is 13.6. The normalized spacial score (nSPS) is 33.4. The van der Waals surface area contributed by atoms with Gasteiger partial charge in [0.1, 0.15) is 22.8 Å². The highest BCUT2D eigenvalue weighted by Crippen LogP contribution is 2.62. The van der Waals surface area contributed by atoms with Gasteiger partial charge in [-0.25, -0.2) is 0 Å². The summed E-state index contributed by atoms with van der Waals surface area (Å²) in [4.78, 5) is 39.8. The molecule has 7 heteroatoms. The number of phenols is 1. The standard InChI is InChI=1S/C33H42O7/c1-17(34)22-21(35)14-32(7)16-31(6)13-20-9-8-19(10-18-11-29(2,3)15-30(4,5)12-18)25(36)23(20)26(37)24(31)28(39)33(32,40)27(22)38/h8-9,18,35-36,39-40H,10-16H2,1-7H3/t31-,32+,33+/m1/s1. The summed E-state index contributed by atoms with van der Waals surface area (Å²) < 4.78 is 0. The summed E-state index contributed by atoms with van der Waals surface area (Å²) in [6.07, 6.45) is 3.97. The molecule has 4 aliphatic rings. The van der Waals surface area contributed by atoms with Gasteiger partial charge in [-0.1, -0.05) is 53.7 Å². The molecule has 0 heterocycles. The Bertz CT molecular complexity index is 1410. The number of rotatable bonds is 3. The molecular weight excluding hydrogens is 508 g/mol. The van der Waals surface area contributed by atoms with Gasteiger partial charge < -0.3 is 20.4 Å². The summed E-state index contributed by atoms with van der Waals surface area (Å²) in [5, 5.41) is 45.4. The van der Waals surface area contributed by atoms with Crippen molar-refractivity contribution in [3.63, 3.8) is 0 Å². The van der Waals surface area contributed by atoms with Crippen LogP contribution < -0.4 is 0 Å². The number of aromatic hydroxyl groups is 1. The van der Waals surface area contributed by atoms with Crippen LogP contribution in [0.4, 0.5) is 0 Å². The van der Waals surface area contributed by atoms with Crippen LogP contribution in [0, 0.1) is 27.6 Å². The number of phenolic OH excluding ortho intramolecular Hbond substituents is 1. The topological polar surface area (TPSA) is 132 Å². The summed E-state index contributed by atoms with van der Waals surface area (Å²) in [7, 11) is 0. The molecule has 0 aromatic heterocycles. The number of ketones is 3. The predicted octanol–water partition coefficient (Wildman–Crippen LogP) is 5.86. The van der Waals surface area contributed by atoms with E-state index >= 15 is 0 Å². The van der Waals surface area contributed by atoms with Gasteiger partial charge in [0.15, 0.2) is 17.2 Å². The molecule has 1 fully saturated rings. The number of fused-ring (bicyclic) bond motifs is 3. The first-order chi connectivity index (χ1) is 18.3. The smallest absolute Gasteiger partial charge is 0.209 e. The molecule has 0 aliphatic heterocycles. The fourth-order valence-electron chi connectivity index (χ4n) is 9.38. The first-order valence-corrected chi connectivity index (χ1v) is 14.3. The zero-order chi connectivity index (χ0) is 29.8. The zero-order valence-electron chi connectivity index (χ0n) is 24.7. The number of carbonyl (C=O) groups excluding carboxylic acids is 3. The predicted molar refractivity (Wildman–Crippen MR) is 150 cm³/mol. The van der Waals surface area contributed by atoms with Crippen molar-refractivity contribution in [3.05, 3.63) is 51.5 Å². The number of benzene rings is 1. The Balaban J connectivity index is 1.60. The lowest BCUT2D eigenvalue weighted by molar-refractivity contribution is -0.158. The Morgan fingerprint density at radius 1 is 0.925 bits per heavy atom. The average molecular weight is 551 g/mol. The van der Waals surface area contributed by atoms with E-state index in [0.717, 1.165) is 26.2 Å². The third-order valence-corrected chi connectivity index (χ3v) is 10.1. The third kappa shape index (κ3) is 3.99. The van der Waals surface area contributed by atoms with E-state index in [1.807, 2.05) is 12.1 Å². The maximum absolute atomic E-state index is 14.1. The van der Waals surface area contributed by atoms with Gasteiger partial charge >= 0.3 is 0 Å². The van der Waals surface area contributed by atoms with Crippen LogP contribution in [0.25, 0.3) is 0 Å². The van der Waals surface area contributed by atoms with E-state index in [-0.39, 0.29) is 40.6 Å². The SMILES string of the molecule is CC(=O)C1=C(O)C[C@@]2(C)C[C@@]3(C)Cc4ccc(CC5CC(C)(C)CC(C)(C)C5)c(O)c4C(=O)C3=C(O)[C@@]2(O)C1=O. The lowest BCUT2D eigenvalue weighted by Crippen LogP contribution is -2.63. The van der Waals surface area contributed by atoms with Crippen molar-refractivity contribution in [2.75, 3.05) is 0 Å². The number of allylic oxidation sites excluding steroid dienone is 2. The van der Waals surface area contributed by atoms with Gasteiger partial charge in [0.25, 0.3) is 0 Å². The van der Waals surface area contributed by atoms with Crippen molar-refractivity contribution in [1.82, 2.24) is 0 Å². The van der Waals surface area contributed by atoms with Gasteiger partial charge in [-0.3, -0.25) is 14.4 Å². The Labute approximate surface area is 236 Å². The number of hydrogen-bond acceptors (Lipinski definition) is 7. The van der Waals surface area contributed by atoms with Gasteiger partial charge in [0, 0.05) is 22.8 Å². The Morgan fingerprint density at radius 2 is 1.52 bits per heavy atom. The summed E-state index contributed by atoms with van der Waals surface area (Å²) in [5.74, 6) is -3.41. The molecule has 1 aromatic rings. The molecular formula is C33H42O7. The Hall–Kier alpha value is -2.93. The lowest BCUT2D eigenvalue weighted by atomic mass is 9.48. The van der Waals surface area contributed by atoms with E-state index in [2.05, 4.69) is 27.7 Å². The first kappa shape index (κ1) is 28.6. The maximum atomic E-state index is 14.1. The molecule has 0 unspecified atom stereocenters. The molecule has 216 valence electrons. The van der Waals surface area contributed by atoms with Crippen molar-refractivity contribution in [2.24, 2.45) is 27.6 Å². The Morgan fingerprint density at radius 3 is 2.10 bits per heavy atom. The van der Waals surface area contributed by atoms with Crippen molar-refractivity contribution in [2.45, 2.75) is 99.0 Å². The monoisotopic (exact) mass is 550 g/mol. The third-order valence-electron chi connectivity index (χ3n) is 10.1. The minimum atomic E-state index is -2.55. The number of Topliss-reactive ketones (excluding diaryl/α,β-unsaturated/α-hetero) is 3. The fraction of sp³-hybridized carbons (Fsp3) is 0.606. The van der Waals surface area contributed by atoms with Crippen molar-refractivity contribution in [3.8, 4) is 5.75 Å². The number of carbonyl (C=O) groups is 3. The largest absolute Gasteiger partial charge is 0.511 e. The highest BCUT2D eigenvalue weighted by Gasteiger charge is 2.67. The van der Waals surface area contributed by atoms with Crippen molar-refractivity contribution in [1.29, 1.82) is 0 Å². The minimum Gasteiger partial charge on any atom is -0.511 e. The average Bonchev–Trinajstić information content (AvgIpc) is 2.75. The van der Waals surface area contributed by atoms with Gasteiger partial charge in [0.05, 0.1) is 5.56 Å². The quantitative estimate of drug-likeness (QED) is 0.347. The van der Waals surface area contributed by atoms with Crippen LogP contribution in [0.3, 0.4) is 0 Å². The van der Waals surface area contributed by atoms with Crippen molar-refractivity contribution < 1.29 is 34.8 Å². The van der Waals surface area contributed by atoms with Gasteiger partial charge in [-0.15, -0.1) is 0 Å². The van der Waals surface area contributed by atoms with E-state index in [9.17, 15) is 34.8 Å². The minimum absolute atomic E-state index is 0.103. The molecule has 0 bridgehead atoms. The molecule has 1 saturated carbocycles. The van der Waals surface area contributed by atoms with Crippen LogP contribution in [0.2, 0.25) is 0 Å². The van der Waals surface area contributed by atoms with E-state index < -0.39 is 50.9 Å². The van der Waals surface area contributed by atoms with E-state index in [1.54, 1.807) is 13.8 Å². The summed E-state index contributed by atoms with van der Waals surface area (Å²) in [5.41, 5.74) is -3.76. The van der Waals surface area contributed by atoms with Crippen LogP contribution >= 0.6 is 0 Å². The number of hydrogen-bond donors (Lipinski definition) is 4. The highest BCUT2D eigenvalue weighted by molar-refractivity contribution is 6.25. The van der Waals surface area contributed by atoms with Gasteiger partial charge in [-0.05, 0) is 73.3 Å². The highest BCUT2D eigenvalue weighted by atomic mass is 16.3. The van der Waals surface area contributed by atoms with Gasteiger partial charge in [-0.2, -0.15) is 0 Å². The fourth-order valence-corrected chi connectivity index (χ4v) is 9.38. The van der Waals surface area contributed by atoms with Crippen LogP contribution in [0.5, 0.6) is 5.75 Å². The zero-order valence-corrected chi connectivity index (χ0v) is 24.7. The second kappa shape index (κ2) is 8.54. The molecule has 0 saturated heterocycles. The molecule has 1 aromatic carbocycles. The second-order valence-corrected chi connectivity index (χ2v) is 15.2. The molecule has 3 atom stereocenters. The molecule has 0 amide bonds. The lowest BCUT2D eigenvalue weighted by Gasteiger charge is -2.55. The molecule has 40 heavy (non-hydrogen) atoms. The van der Waals surface area contributed by atoms with Crippen LogP contribution in [0.1, 0.15) is 102 Å². The molecule has 7 nitrogen and oxygen atoms in total. The van der Waals surface area contributed by atoms with Crippen LogP contribution in [0.15, 0.2) is 34.8 Å². The number of aliphatic hydroxyl groups excluding tert-OH is 2. The Kier molecular flexibility index (Phi) is 6.11. The molecule has 4 aliphatic carbocycles. The van der Waals surface area contributed by atoms with E-state index in [4.69, 9.17) is 0 Å². The van der Waals surface area contributed by atoms with E-state index in [1.165, 1.54) is 0 Å². The van der Waals surface area contributed by atoms with E-state index in [0.29, 0.717) is 29.9 Å². The number of aliphatic hydroxyl groups is 3.